The summed E-state index contributed by atoms with van der Waals surface area (Å²) in [6, 6.07) is 2.87. The van der Waals surface area contributed by atoms with Crippen molar-refractivity contribution < 1.29 is 22.7 Å². The monoisotopic (exact) mass is 335 g/mol. The lowest BCUT2D eigenvalue weighted by Gasteiger charge is -2.23. The first-order chi connectivity index (χ1) is 11.5. The number of carbonyl (C=O) groups is 1. The lowest BCUT2D eigenvalue weighted by molar-refractivity contribution is 0.0733. The minimum atomic E-state index is -0.739. The number of hydrogen-bond donors (Lipinski definition) is 0. The predicted molar refractivity (Wildman–Crippen MR) is 77.3 cm³/mol. The molecule has 2 aromatic rings. The normalized spacial score (nSPS) is 26.0. The number of aryl methyl sites for hydroxylation is 1. The number of aromatic nitrogens is 2. The molecule has 1 amide bonds. The number of fused-ring (bicyclic) bond motifs is 1. The first-order valence-corrected chi connectivity index (χ1v) is 7.62. The van der Waals surface area contributed by atoms with Crippen LogP contribution in [0.25, 0.3) is 0 Å². The molecule has 2 saturated heterocycles. The molecule has 3 heterocycles. The molecule has 0 bridgehead atoms. The topological polar surface area (TPSA) is 68.5 Å². The fraction of sp³-hybridized carbons (Fsp3) is 0.438. The van der Waals surface area contributed by atoms with Gasteiger partial charge in [0, 0.05) is 25.9 Å². The summed E-state index contributed by atoms with van der Waals surface area (Å²) >= 11 is 0. The predicted octanol–water partition coefficient (Wildman–Crippen LogP) is 1.70. The van der Waals surface area contributed by atoms with Gasteiger partial charge in [-0.25, -0.2) is 8.78 Å². The van der Waals surface area contributed by atoms with Crippen molar-refractivity contribution in [1.82, 2.24) is 15.1 Å². The number of amides is 1. The third-order valence-corrected chi connectivity index (χ3v) is 4.77. The lowest BCUT2D eigenvalue weighted by atomic mass is 9.81. The fourth-order valence-electron chi connectivity index (χ4n) is 3.52. The summed E-state index contributed by atoms with van der Waals surface area (Å²) in [5.41, 5.74) is -0.853. The molecule has 2 aliphatic rings. The van der Waals surface area contributed by atoms with Gasteiger partial charge in [0.05, 0.1) is 24.2 Å². The van der Waals surface area contributed by atoms with Crippen molar-refractivity contribution in [2.45, 2.75) is 12.3 Å². The van der Waals surface area contributed by atoms with Gasteiger partial charge in [0.15, 0.2) is 0 Å². The first-order valence-electron chi connectivity index (χ1n) is 7.62. The Morgan fingerprint density at radius 2 is 2.21 bits per heavy atom. The van der Waals surface area contributed by atoms with Crippen molar-refractivity contribution in [2.24, 2.45) is 5.92 Å². The number of hydrogen-bond acceptors (Lipinski definition) is 5. The Morgan fingerprint density at radius 3 is 2.96 bits per heavy atom. The van der Waals surface area contributed by atoms with E-state index in [2.05, 4.69) is 10.2 Å². The summed E-state index contributed by atoms with van der Waals surface area (Å²) in [5.74, 6) is -1.08. The maximum absolute atomic E-state index is 13.9. The number of likely N-dealkylation sites (tertiary alicyclic amines) is 1. The van der Waals surface area contributed by atoms with Gasteiger partial charge in [-0.1, -0.05) is 0 Å². The van der Waals surface area contributed by atoms with Crippen molar-refractivity contribution in [3.05, 3.63) is 47.2 Å². The zero-order valence-corrected chi connectivity index (χ0v) is 13.0. The van der Waals surface area contributed by atoms with Crippen LogP contribution in [-0.4, -0.2) is 47.3 Å². The van der Waals surface area contributed by atoms with Crippen LogP contribution in [0.2, 0.25) is 0 Å². The van der Waals surface area contributed by atoms with E-state index in [1.165, 1.54) is 4.90 Å². The van der Waals surface area contributed by atoms with E-state index in [9.17, 15) is 13.6 Å². The zero-order valence-electron chi connectivity index (χ0n) is 13.0. The van der Waals surface area contributed by atoms with Gasteiger partial charge in [-0.15, -0.1) is 10.2 Å². The molecular weight excluding hydrogens is 320 g/mol. The van der Waals surface area contributed by atoms with Gasteiger partial charge in [-0.3, -0.25) is 4.79 Å². The van der Waals surface area contributed by atoms with E-state index in [1.807, 2.05) is 0 Å². The lowest BCUT2D eigenvalue weighted by Crippen LogP contribution is -2.37. The van der Waals surface area contributed by atoms with Gasteiger partial charge in [-0.05, 0) is 18.2 Å². The average Bonchev–Trinajstić information content (AvgIpc) is 3.22. The quantitative estimate of drug-likeness (QED) is 0.835. The summed E-state index contributed by atoms with van der Waals surface area (Å²) in [6.45, 7) is 3.15. The summed E-state index contributed by atoms with van der Waals surface area (Å²) in [4.78, 5) is 14.1. The fourth-order valence-corrected chi connectivity index (χ4v) is 3.52. The molecule has 0 unspecified atom stereocenters. The molecule has 8 heteroatoms. The van der Waals surface area contributed by atoms with Gasteiger partial charge in [0.1, 0.15) is 11.6 Å². The molecule has 1 aromatic heterocycles. The average molecular weight is 335 g/mol. The van der Waals surface area contributed by atoms with Gasteiger partial charge < -0.3 is 14.1 Å². The molecule has 2 aliphatic heterocycles. The van der Waals surface area contributed by atoms with Gasteiger partial charge >= 0.3 is 0 Å². The molecule has 0 radical (unpaired) electrons. The highest BCUT2D eigenvalue weighted by Gasteiger charge is 2.56. The Bertz CT molecular complexity index is 810. The van der Waals surface area contributed by atoms with Crippen LogP contribution < -0.4 is 0 Å². The highest BCUT2D eigenvalue weighted by atomic mass is 19.1. The highest BCUT2D eigenvalue weighted by Crippen LogP contribution is 2.43. The molecule has 2 atom stereocenters. The molecule has 6 nitrogen and oxygen atoms in total. The van der Waals surface area contributed by atoms with Gasteiger partial charge in [-0.2, -0.15) is 0 Å². The van der Waals surface area contributed by atoms with Crippen LogP contribution in [0.5, 0.6) is 0 Å². The van der Waals surface area contributed by atoms with E-state index >= 15 is 0 Å². The number of rotatable bonds is 2. The third kappa shape index (κ3) is 2.21. The van der Waals surface area contributed by atoms with E-state index in [-0.39, 0.29) is 18.0 Å². The number of benzene rings is 1. The molecule has 1 aromatic carbocycles. The Kier molecular flexibility index (Phi) is 3.38. The van der Waals surface area contributed by atoms with E-state index in [4.69, 9.17) is 9.15 Å². The SMILES string of the molecule is Cc1nnc([C@@]23COC[C@@H]2CN(C(=O)c2cc(F)ccc2F)C3)o1. The summed E-state index contributed by atoms with van der Waals surface area (Å²) in [6.07, 6.45) is 0. The summed E-state index contributed by atoms with van der Waals surface area (Å²) in [5, 5.41) is 7.95. The van der Waals surface area contributed by atoms with Crippen LogP contribution in [-0.2, 0) is 10.2 Å². The van der Waals surface area contributed by atoms with Crippen molar-refractivity contribution >= 4 is 5.91 Å². The Balaban J connectivity index is 1.65. The van der Waals surface area contributed by atoms with E-state index in [1.54, 1.807) is 6.92 Å². The molecule has 0 aliphatic carbocycles. The summed E-state index contributed by atoms with van der Waals surface area (Å²) in [7, 11) is 0. The first kappa shape index (κ1) is 15.2. The molecule has 0 saturated carbocycles. The van der Waals surface area contributed by atoms with Gasteiger partial charge in [0.25, 0.3) is 5.91 Å². The van der Waals surface area contributed by atoms with E-state index < -0.39 is 23.0 Å². The number of ether oxygens (including phenoxy) is 1. The van der Waals surface area contributed by atoms with Crippen molar-refractivity contribution in [1.29, 1.82) is 0 Å². The molecular formula is C16H15F2N3O3. The largest absolute Gasteiger partial charge is 0.425 e. The standard InChI is InChI=1S/C16H15F2N3O3/c1-9-19-20-15(24-9)16-7-21(5-10(16)6-23-8-16)14(22)12-4-11(17)2-3-13(12)18/h2-4,10H,5-8H2,1H3/t10-,16-/m0/s1. The minimum Gasteiger partial charge on any atom is -0.425 e. The van der Waals surface area contributed by atoms with Crippen molar-refractivity contribution in [2.75, 3.05) is 26.3 Å². The molecule has 0 N–H and O–H groups in total. The van der Waals surface area contributed by atoms with Crippen LogP contribution in [0.4, 0.5) is 8.78 Å². The second-order valence-electron chi connectivity index (χ2n) is 6.30. The van der Waals surface area contributed by atoms with Crippen LogP contribution in [0.15, 0.2) is 22.6 Å². The highest BCUT2D eigenvalue weighted by molar-refractivity contribution is 5.94. The second-order valence-corrected chi connectivity index (χ2v) is 6.30. The van der Waals surface area contributed by atoms with Crippen molar-refractivity contribution in [3.8, 4) is 0 Å². The van der Waals surface area contributed by atoms with Crippen LogP contribution in [0, 0.1) is 24.5 Å². The Labute approximate surface area is 136 Å². The smallest absolute Gasteiger partial charge is 0.256 e. The molecule has 0 spiro atoms. The Hall–Kier alpha value is -2.35. The maximum Gasteiger partial charge on any atom is 0.256 e. The van der Waals surface area contributed by atoms with Crippen LogP contribution in [0.1, 0.15) is 22.1 Å². The zero-order chi connectivity index (χ0) is 16.9. The van der Waals surface area contributed by atoms with E-state index in [0.717, 1.165) is 18.2 Å². The Morgan fingerprint density at radius 1 is 1.38 bits per heavy atom. The summed E-state index contributed by atoms with van der Waals surface area (Å²) < 4.78 is 38.4. The molecule has 24 heavy (non-hydrogen) atoms. The van der Waals surface area contributed by atoms with E-state index in [0.29, 0.717) is 31.5 Å². The van der Waals surface area contributed by atoms with Crippen LogP contribution in [0.3, 0.4) is 0 Å². The van der Waals surface area contributed by atoms with Crippen LogP contribution >= 0.6 is 0 Å². The number of halogens is 2. The molecule has 126 valence electrons. The number of nitrogens with zero attached hydrogens (tertiary/aromatic N) is 3. The second kappa shape index (κ2) is 5.34. The third-order valence-electron chi connectivity index (χ3n) is 4.77. The molecule has 2 fully saturated rings. The van der Waals surface area contributed by atoms with Crippen molar-refractivity contribution in [3.63, 3.8) is 0 Å². The maximum atomic E-state index is 13.9. The van der Waals surface area contributed by atoms with Gasteiger partial charge in [0.2, 0.25) is 11.8 Å². The minimum absolute atomic E-state index is 0.0158. The number of carbonyl (C=O) groups excluding carboxylic acids is 1. The molecule has 4 rings (SSSR count).